The van der Waals surface area contributed by atoms with E-state index in [-0.39, 0.29) is 0 Å². The van der Waals surface area contributed by atoms with Gasteiger partial charge in [0.15, 0.2) is 11.6 Å². The normalized spacial score (nSPS) is 14.4. The van der Waals surface area contributed by atoms with Crippen molar-refractivity contribution in [2.45, 2.75) is 13.3 Å². The number of benzene rings is 1. The van der Waals surface area contributed by atoms with Crippen LogP contribution in [0.2, 0.25) is 0 Å². The Labute approximate surface area is 69.5 Å². The number of hydrogen-bond acceptors (Lipinski definition) is 0. The molecule has 0 atom stereocenters. The molecule has 0 heterocycles. The maximum atomic E-state index is 12.7. The average molecular weight is 166 g/mol. The Kier molecular flexibility index (Phi) is 1.50. The summed E-state index contributed by atoms with van der Waals surface area (Å²) in [7, 11) is 0. The fourth-order valence-corrected chi connectivity index (χ4v) is 1.51. The van der Waals surface area contributed by atoms with Crippen molar-refractivity contribution in [2.75, 3.05) is 0 Å². The quantitative estimate of drug-likeness (QED) is 0.555. The first-order valence-electron chi connectivity index (χ1n) is 3.82. The van der Waals surface area contributed by atoms with Crippen LogP contribution in [0.1, 0.15) is 18.1 Å². The van der Waals surface area contributed by atoms with Gasteiger partial charge in [-0.15, -0.1) is 0 Å². The van der Waals surface area contributed by atoms with E-state index >= 15 is 0 Å². The van der Waals surface area contributed by atoms with Crippen molar-refractivity contribution >= 4 is 6.08 Å². The Hall–Kier alpha value is -1.18. The van der Waals surface area contributed by atoms with Gasteiger partial charge >= 0.3 is 0 Å². The number of fused-ring (bicyclic) bond motifs is 1. The Morgan fingerprint density at radius 2 is 1.83 bits per heavy atom. The van der Waals surface area contributed by atoms with Crippen molar-refractivity contribution in [1.82, 2.24) is 0 Å². The summed E-state index contributed by atoms with van der Waals surface area (Å²) in [5, 5.41) is 0. The van der Waals surface area contributed by atoms with Gasteiger partial charge < -0.3 is 0 Å². The van der Waals surface area contributed by atoms with Crippen molar-refractivity contribution in [1.29, 1.82) is 0 Å². The molecule has 0 spiro atoms. The molecule has 1 aliphatic rings. The fraction of sp³-hybridized carbons (Fsp3) is 0.200. The van der Waals surface area contributed by atoms with E-state index in [1.807, 2.05) is 13.0 Å². The molecule has 0 unspecified atom stereocenters. The summed E-state index contributed by atoms with van der Waals surface area (Å²) < 4.78 is 25.4. The zero-order valence-electron chi connectivity index (χ0n) is 6.70. The van der Waals surface area contributed by atoms with Crippen LogP contribution in [0.15, 0.2) is 17.7 Å². The fourth-order valence-electron chi connectivity index (χ4n) is 1.51. The van der Waals surface area contributed by atoms with Gasteiger partial charge in [0.1, 0.15) is 0 Å². The molecule has 2 heteroatoms. The predicted molar refractivity (Wildman–Crippen MR) is 43.7 cm³/mol. The van der Waals surface area contributed by atoms with Gasteiger partial charge in [-0.2, -0.15) is 0 Å². The highest BCUT2D eigenvalue weighted by atomic mass is 19.2. The van der Waals surface area contributed by atoms with Crippen molar-refractivity contribution < 1.29 is 8.78 Å². The van der Waals surface area contributed by atoms with E-state index in [9.17, 15) is 8.78 Å². The summed E-state index contributed by atoms with van der Waals surface area (Å²) in [4.78, 5) is 0. The largest absolute Gasteiger partial charge is 0.204 e. The average Bonchev–Trinajstić information content (AvgIpc) is 2.30. The van der Waals surface area contributed by atoms with E-state index in [1.165, 1.54) is 12.1 Å². The van der Waals surface area contributed by atoms with E-state index in [0.717, 1.165) is 23.1 Å². The lowest BCUT2D eigenvalue weighted by Gasteiger charge is -1.98. The van der Waals surface area contributed by atoms with Gasteiger partial charge in [-0.3, -0.25) is 0 Å². The maximum Gasteiger partial charge on any atom is 0.159 e. The molecule has 0 fully saturated rings. The number of hydrogen-bond donors (Lipinski definition) is 0. The van der Waals surface area contributed by atoms with Crippen LogP contribution < -0.4 is 0 Å². The zero-order chi connectivity index (χ0) is 8.72. The molecule has 0 saturated heterocycles. The highest BCUT2D eigenvalue weighted by molar-refractivity contribution is 5.63. The van der Waals surface area contributed by atoms with Crippen LogP contribution in [-0.2, 0) is 6.42 Å². The highest BCUT2D eigenvalue weighted by Crippen LogP contribution is 2.26. The first-order valence-corrected chi connectivity index (χ1v) is 3.82. The lowest BCUT2D eigenvalue weighted by Crippen LogP contribution is -1.89. The lowest BCUT2D eigenvalue weighted by molar-refractivity contribution is 0.507. The molecular weight excluding hydrogens is 158 g/mol. The monoisotopic (exact) mass is 166 g/mol. The molecular formula is C10H8F2. The summed E-state index contributed by atoms with van der Waals surface area (Å²) in [6, 6.07) is 2.53. The van der Waals surface area contributed by atoms with Gasteiger partial charge in [-0.25, -0.2) is 8.78 Å². The summed E-state index contributed by atoms with van der Waals surface area (Å²) >= 11 is 0. The Morgan fingerprint density at radius 3 is 2.58 bits per heavy atom. The zero-order valence-corrected chi connectivity index (χ0v) is 6.70. The molecule has 0 N–H and O–H groups in total. The Bertz CT molecular complexity index is 364. The topological polar surface area (TPSA) is 0 Å². The molecule has 0 aliphatic heterocycles. The van der Waals surface area contributed by atoms with Crippen LogP contribution in [0.3, 0.4) is 0 Å². The minimum Gasteiger partial charge on any atom is -0.204 e. The van der Waals surface area contributed by atoms with Gasteiger partial charge in [0, 0.05) is 0 Å². The van der Waals surface area contributed by atoms with Crippen molar-refractivity contribution in [3.8, 4) is 0 Å². The molecule has 62 valence electrons. The van der Waals surface area contributed by atoms with Crippen LogP contribution in [0.25, 0.3) is 6.08 Å². The van der Waals surface area contributed by atoms with Crippen LogP contribution in [0.4, 0.5) is 8.78 Å². The lowest BCUT2D eigenvalue weighted by atomic mass is 10.1. The molecule has 1 aromatic carbocycles. The smallest absolute Gasteiger partial charge is 0.159 e. The molecule has 0 aromatic heterocycles. The van der Waals surface area contributed by atoms with Crippen molar-refractivity contribution in [3.63, 3.8) is 0 Å². The molecule has 2 rings (SSSR count). The van der Waals surface area contributed by atoms with E-state index in [2.05, 4.69) is 0 Å². The van der Waals surface area contributed by atoms with Crippen LogP contribution >= 0.6 is 0 Å². The molecule has 12 heavy (non-hydrogen) atoms. The second-order valence-corrected chi connectivity index (χ2v) is 3.13. The Morgan fingerprint density at radius 1 is 1.17 bits per heavy atom. The SMILES string of the molecule is CC1=Cc2cc(F)c(F)cc2C1. The Balaban J connectivity index is 2.57. The molecule has 0 amide bonds. The molecule has 1 aromatic rings. The van der Waals surface area contributed by atoms with Crippen LogP contribution in [0.5, 0.6) is 0 Å². The summed E-state index contributed by atoms with van der Waals surface area (Å²) in [5.74, 6) is -1.52. The molecule has 0 bridgehead atoms. The van der Waals surface area contributed by atoms with Gasteiger partial charge in [-0.05, 0) is 36.6 Å². The molecule has 0 radical (unpaired) electrons. The van der Waals surface area contributed by atoms with Crippen LogP contribution in [-0.4, -0.2) is 0 Å². The minimum absolute atomic E-state index is 0.743. The maximum absolute atomic E-state index is 12.7. The molecule has 1 aliphatic carbocycles. The van der Waals surface area contributed by atoms with Gasteiger partial charge in [0.2, 0.25) is 0 Å². The van der Waals surface area contributed by atoms with E-state index < -0.39 is 11.6 Å². The van der Waals surface area contributed by atoms with E-state index in [4.69, 9.17) is 0 Å². The third-order valence-corrected chi connectivity index (χ3v) is 2.05. The summed E-state index contributed by atoms with van der Waals surface area (Å²) in [6.07, 6.45) is 2.63. The first kappa shape index (κ1) is 7.47. The second kappa shape index (κ2) is 2.41. The second-order valence-electron chi connectivity index (χ2n) is 3.13. The van der Waals surface area contributed by atoms with E-state index in [0.29, 0.717) is 0 Å². The van der Waals surface area contributed by atoms with Crippen molar-refractivity contribution in [2.24, 2.45) is 0 Å². The number of rotatable bonds is 0. The molecule has 0 saturated carbocycles. The van der Waals surface area contributed by atoms with E-state index in [1.54, 1.807) is 0 Å². The summed E-state index contributed by atoms with van der Waals surface area (Å²) in [5.41, 5.74) is 2.84. The standard InChI is InChI=1S/C10H8F2/c1-6-2-7-4-9(11)10(12)5-8(7)3-6/h2,4-5H,3H2,1H3. The number of halogens is 2. The first-order chi connectivity index (χ1) is 5.66. The summed E-state index contributed by atoms with van der Waals surface area (Å²) in [6.45, 7) is 1.95. The van der Waals surface area contributed by atoms with Gasteiger partial charge in [0.05, 0.1) is 0 Å². The predicted octanol–water partition coefficient (Wildman–Crippen LogP) is 2.92. The minimum atomic E-state index is -0.764. The third kappa shape index (κ3) is 1.04. The molecule has 0 nitrogen and oxygen atoms in total. The van der Waals surface area contributed by atoms with Gasteiger partial charge in [-0.1, -0.05) is 11.6 Å². The number of allylic oxidation sites excluding steroid dienone is 1. The highest BCUT2D eigenvalue weighted by Gasteiger charge is 2.13. The van der Waals surface area contributed by atoms with Gasteiger partial charge in [0.25, 0.3) is 0 Å². The van der Waals surface area contributed by atoms with Crippen molar-refractivity contribution in [3.05, 3.63) is 40.5 Å². The third-order valence-electron chi connectivity index (χ3n) is 2.05. The van der Waals surface area contributed by atoms with Crippen LogP contribution in [0, 0.1) is 11.6 Å².